The monoisotopic (exact) mass is 331 g/mol. The Labute approximate surface area is 119 Å². The van der Waals surface area contributed by atoms with E-state index in [4.69, 9.17) is 0 Å². The third-order valence-electron chi connectivity index (χ3n) is 3.61. The number of carbonyl (C=O) groups is 1. The van der Waals surface area contributed by atoms with Gasteiger partial charge in [-0.05, 0) is 30.9 Å². The van der Waals surface area contributed by atoms with Crippen LogP contribution in [0.2, 0.25) is 0 Å². The van der Waals surface area contributed by atoms with Crippen LogP contribution in [0.4, 0.5) is 8.78 Å². The minimum absolute atomic E-state index is 0.0142. The molecule has 1 N–H and O–H groups in total. The van der Waals surface area contributed by atoms with Gasteiger partial charge in [0.1, 0.15) is 17.2 Å². The first-order chi connectivity index (χ1) is 9.13. The summed E-state index contributed by atoms with van der Waals surface area (Å²) >= 11 is 3.43. The van der Waals surface area contributed by atoms with E-state index in [9.17, 15) is 13.6 Å². The first kappa shape index (κ1) is 14.4. The Bertz CT molecular complexity index is 447. The van der Waals surface area contributed by atoms with Crippen molar-refractivity contribution in [3.63, 3.8) is 0 Å². The van der Waals surface area contributed by atoms with E-state index < -0.39 is 23.1 Å². The summed E-state index contributed by atoms with van der Waals surface area (Å²) in [5.41, 5.74) is -0.485. The lowest BCUT2D eigenvalue weighted by atomic mass is 9.86. The number of nitrogens with one attached hydrogen (secondary N) is 1. The standard InChI is InChI=1S/C14H16BrF2NO/c15-8-9-4-1-2-7-12(9)18-14(19)13-10(16)5-3-6-11(13)17/h3,5-6,9,12H,1-2,4,7-8H2,(H,18,19). The number of alkyl halides is 1. The van der Waals surface area contributed by atoms with Crippen LogP contribution in [0, 0.1) is 17.6 Å². The van der Waals surface area contributed by atoms with Crippen molar-refractivity contribution in [2.75, 3.05) is 5.33 Å². The molecule has 0 aromatic heterocycles. The minimum atomic E-state index is -0.816. The average Bonchev–Trinajstić information content (AvgIpc) is 2.39. The molecule has 1 saturated carbocycles. The number of hydrogen-bond donors (Lipinski definition) is 1. The Balaban J connectivity index is 2.12. The van der Waals surface area contributed by atoms with Gasteiger partial charge in [-0.3, -0.25) is 4.79 Å². The molecule has 1 aliphatic rings. The fourth-order valence-corrected chi connectivity index (χ4v) is 3.31. The molecule has 1 fully saturated rings. The predicted molar refractivity (Wildman–Crippen MR) is 73.4 cm³/mol. The lowest BCUT2D eigenvalue weighted by Crippen LogP contribution is -2.43. The lowest BCUT2D eigenvalue weighted by molar-refractivity contribution is 0.0903. The highest BCUT2D eigenvalue weighted by atomic mass is 79.9. The Morgan fingerprint density at radius 3 is 2.53 bits per heavy atom. The van der Waals surface area contributed by atoms with Crippen molar-refractivity contribution in [3.05, 3.63) is 35.4 Å². The molecule has 5 heteroatoms. The summed E-state index contributed by atoms with van der Waals surface area (Å²) in [4.78, 5) is 12.0. The quantitative estimate of drug-likeness (QED) is 0.841. The number of halogens is 3. The van der Waals surface area contributed by atoms with Crippen LogP contribution in [0.5, 0.6) is 0 Å². The Hall–Kier alpha value is -0.970. The predicted octanol–water partition coefficient (Wildman–Crippen LogP) is 3.65. The van der Waals surface area contributed by atoms with Gasteiger partial charge in [-0.25, -0.2) is 8.78 Å². The second-order valence-electron chi connectivity index (χ2n) is 4.88. The van der Waals surface area contributed by atoms with Gasteiger partial charge in [-0.15, -0.1) is 0 Å². The van der Waals surface area contributed by atoms with Crippen LogP contribution < -0.4 is 5.32 Å². The average molecular weight is 332 g/mol. The molecule has 1 aromatic rings. The zero-order valence-electron chi connectivity index (χ0n) is 10.5. The SMILES string of the molecule is O=C(NC1CCCCC1CBr)c1c(F)cccc1F. The lowest BCUT2D eigenvalue weighted by Gasteiger charge is -2.31. The molecule has 0 bridgehead atoms. The number of amides is 1. The van der Waals surface area contributed by atoms with Gasteiger partial charge < -0.3 is 5.32 Å². The first-order valence-electron chi connectivity index (χ1n) is 6.44. The van der Waals surface area contributed by atoms with Gasteiger partial charge in [-0.2, -0.15) is 0 Å². The summed E-state index contributed by atoms with van der Waals surface area (Å²) in [5.74, 6) is -1.96. The summed E-state index contributed by atoms with van der Waals surface area (Å²) in [6.45, 7) is 0. The third-order valence-corrected chi connectivity index (χ3v) is 4.45. The fourth-order valence-electron chi connectivity index (χ4n) is 2.54. The second-order valence-corrected chi connectivity index (χ2v) is 5.52. The van der Waals surface area contributed by atoms with Crippen molar-refractivity contribution in [2.24, 2.45) is 5.92 Å². The van der Waals surface area contributed by atoms with Gasteiger partial charge in [-0.1, -0.05) is 34.8 Å². The van der Waals surface area contributed by atoms with E-state index in [1.807, 2.05) is 0 Å². The first-order valence-corrected chi connectivity index (χ1v) is 7.56. The second kappa shape index (κ2) is 6.46. The molecule has 2 nitrogen and oxygen atoms in total. The number of benzene rings is 1. The smallest absolute Gasteiger partial charge is 0.257 e. The number of rotatable bonds is 3. The fraction of sp³-hybridized carbons (Fsp3) is 0.500. The Morgan fingerprint density at radius 2 is 1.89 bits per heavy atom. The number of hydrogen-bond acceptors (Lipinski definition) is 1. The molecule has 0 saturated heterocycles. The molecule has 0 spiro atoms. The van der Waals surface area contributed by atoms with Crippen LogP contribution in [0.25, 0.3) is 0 Å². The van der Waals surface area contributed by atoms with E-state index in [0.29, 0.717) is 5.92 Å². The summed E-state index contributed by atoms with van der Waals surface area (Å²) < 4.78 is 27.0. The van der Waals surface area contributed by atoms with Gasteiger partial charge >= 0.3 is 0 Å². The molecule has 19 heavy (non-hydrogen) atoms. The molecule has 0 aliphatic heterocycles. The van der Waals surface area contributed by atoms with E-state index in [1.54, 1.807) is 0 Å². The molecule has 1 aromatic carbocycles. The summed E-state index contributed by atoms with van der Waals surface area (Å²) in [5, 5.41) is 3.56. The van der Waals surface area contributed by atoms with E-state index in [-0.39, 0.29) is 6.04 Å². The van der Waals surface area contributed by atoms with Crippen LogP contribution in [0.1, 0.15) is 36.0 Å². The third kappa shape index (κ3) is 3.32. The van der Waals surface area contributed by atoms with Crippen molar-refractivity contribution in [3.8, 4) is 0 Å². The molecule has 2 unspecified atom stereocenters. The summed E-state index contributed by atoms with van der Waals surface area (Å²) in [7, 11) is 0. The molecule has 0 heterocycles. The van der Waals surface area contributed by atoms with Crippen molar-refractivity contribution in [1.82, 2.24) is 5.32 Å². The molecule has 104 valence electrons. The van der Waals surface area contributed by atoms with Crippen molar-refractivity contribution in [1.29, 1.82) is 0 Å². The van der Waals surface area contributed by atoms with Gasteiger partial charge in [0.05, 0.1) is 0 Å². The molecule has 2 atom stereocenters. The van der Waals surface area contributed by atoms with Crippen LogP contribution in [-0.4, -0.2) is 17.3 Å². The van der Waals surface area contributed by atoms with Crippen LogP contribution in [-0.2, 0) is 0 Å². The maximum atomic E-state index is 13.5. The Morgan fingerprint density at radius 1 is 1.26 bits per heavy atom. The van der Waals surface area contributed by atoms with Crippen molar-refractivity contribution >= 4 is 21.8 Å². The largest absolute Gasteiger partial charge is 0.349 e. The molecule has 1 aliphatic carbocycles. The highest BCUT2D eigenvalue weighted by molar-refractivity contribution is 9.09. The normalized spacial score (nSPS) is 23.1. The number of carbonyl (C=O) groups excluding carboxylic acids is 1. The Kier molecular flexibility index (Phi) is 4.91. The van der Waals surface area contributed by atoms with Crippen LogP contribution in [0.15, 0.2) is 18.2 Å². The van der Waals surface area contributed by atoms with Gasteiger partial charge in [0.25, 0.3) is 5.91 Å². The zero-order chi connectivity index (χ0) is 13.8. The van der Waals surface area contributed by atoms with E-state index >= 15 is 0 Å². The summed E-state index contributed by atoms with van der Waals surface area (Å²) in [6.07, 6.45) is 4.05. The van der Waals surface area contributed by atoms with Crippen molar-refractivity contribution < 1.29 is 13.6 Å². The topological polar surface area (TPSA) is 29.1 Å². The summed E-state index contributed by atoms with van der Waals surface area (Å²) in [6, 6.07) is 3.44. The van der Waals surface area contributed by atoms with Crippen LogP contribution in [0.3, 0.4) is 0 Å². The highest BCUT2D eigenvalue weighted by Gasteiger charge is 2.27. The molecular formula is C14H16BrF2NO. The van der Waals surface area contributed by atoms with Crippen molar-refractivity contribution in [2.45, 2.75) is 31.7 Å². The maximum Gasteiger partial charge on any atom is 0.257 e. The maximum absolute atomic E-state index is 13.5. The minimum Gasteiger partial charge on any atom is -0.349 e. The van der Waals surface area contributed by atoms with E-state index in [0.717, 1.165) is 43.1 Å². The van der Waals surface area contributed by atoms with Crippen LogP contribution >= 0.6 is 15.9 Å². The van der Waals surface area contributed by atoms with Gasteiger partial charge in [0, 0.05) is 11.4 Å². The van der Waals surface area contributed by atoms with E-state index in [2.05, 4.69) is 21.2 Å². The van der Waals surface area contributed by atoms with E-state index in [1.165, 1.54) is 6.07 Å². The van der Waals surface area contributed by atoms with Gasteiger partial charge in [0.2, 0.25) is 0 Å². The highest BCUT2D eigenvalue weighted by Crippen LogP contribution is 2.26. The zero-order valence-corrected chi connectivity index (χ0v) is 12.1. The molecule has 0 radical (unpaired) electrons. The molecule has 2 rings (SSSR count). The van der Waals surface area contributed by atoms with Gasteiger partial charge in [0.15, 0.2) is 0 Å². The molecule has 1 amide bonds. The molecular weight excluding hydrogens is 316 g/mol.